The molecule has 9 nitrogen and oxygen atoms in total. The molecule has 0 amide bonds. The van der Waals surface area contributed by atoms with Gasteiger partial charge in [-0.05, 0) is 29.8 Å². The molecule has 0 radical (unpaired) electrons. The number of rotatable bonds is 4. The molecule has 0 atom stereocenters. The molecule has 0 unspecified atom stereocenters. The van der Waals surface area contributed by atoms with Gasteiger partial charge in [0.1, 0.15) is 18.4 Å². The molecular weight excluding hydrogens is 384 g/mol. The van der Waals surface area contributed by atoms with E-state index >= 15 is 0 Å². The largest absolute Gasteiger partial charge is 0.497 e. The van der Waals surface area contributed by atoms with Crippen LogP contribution in [0.4, 0.5) is 0 Å². The fourth-order valence-electron chi connectivity index (χ4n) is 3.49. The molecule has 148 valence electrons. The summed E-state index contributed by atoms with van der Waals surface area (Å²) in [6.07, 6.45) is 7.66. The lowest BCUT2D eigenvalue weighted by Crippen LogP contribution is -2.26. The van der Waals surface area contributed by atoms with Crippen LogP contribution < -0.4 is 15.9 Å². The lowest BCUT2D eigenvalue weighted by molar-refractivity contribution is 0.414. The van der Waals surface area contributed by atoms with E-state index in [0.29, 0.717) is 28.2 Å². The van der Waals surface area contributed by atoms with Crippen molar-refractivity contribution in [3.8, 4) is 5.75 Å². The molecule has 0 saturated heterocycles. The lowest BCUT2D eigenvalue weighted by Gasteiger charge is -2.11. The van der Waals surface area contributed by atoms with Gasteiger partial charge < -0.3 is 9.30 Å². The van der Waals surface area contributed by atoms with Crippen molar-refractivity contribution in [2.75, 3.05) is 7.11 Å². The van der Waals surface area contributed by atoms with Gasteiger partial charge in [0.2, 0.25) is 0 Å². The van der Waals surface area contributed by atoms with Crippen molar-refractivity contribution in [1.82, 2.24) is 29.1 Å². The third-order valence-corrected chi connectivity index (χ3v) is 5.02. The Labute approximate surface area is 169 Å². The van der Waals surface area contributed by atoms with Crippen LogP contribution in [0.1, 0.15) is 5.56 Å². The first-order chi connectivity index (χ1) is 14.7. The normalized spacial score (nSPS) is 11.2. The van der Waals surface area contributed by atoms with Gasteiger partial charge in [-0.3, -0.25) is 14.6 Å². The Bertz CT molecular complexity index is 1480. The van der Waals surface area contributed by atoms with E-state index in [2.05, 4.69) is 15.2 Å². The fraction of sp³-hybridized carbons (Fsp3) is 0.0952. The lowest BCUT2D eigenvalue weighted by atomic mass is 10.1. The van der Waals surface area contributed by atoms with Gasteiger partial charge in [0, 0.05) is 24.0 Å². The van der Waals surface area contributed by atoms with E-state index in [4.69, 9.17) is 4.74 Å². The minimum absolute atomic E-state index is 0.211. The van der Waals surface area contributed by atoms with Gasteiger partial charge in [-0.1, -0.05) is 12.1 Å². The number of fused-ring (bicyclic) bond motifs is 3. The summed E-state index contributed by atoms with van der Waals surface area (Å²) in [7, 11) is 1.61. The predicted molar refractivity (Wildman–Crippen MR) is 111 cm³/mol. The van der Waals surface area contributed by atoms with Gasteiger partial charge in [0.15, 0.2) is 0 Å². The standard InChI is InChI=1S/C21H16N6O3/c1-30-15-4-2-14(3-5-15)11-25-8-6-16-17(20(25)28)10-22-18-7-9-27(21(29)19(16)18)26-12-23-24-13-26/h2-10,12-13H,11H2,1H3. The number of benzene rings is 1. The molecule has 4 heterocycles. The number of ether oxygens (including phenoxy) is 1. The molecule has 0 saturated carbocycles. The maximum absolute atomic E-state index is 13.1. The van der Waals surface area contributed by atoms with Crippen molar-refractivity contribution in [3.63, 3.8) is 0 Å². The highest BCUT2D eigenvalue weighted by Crippen LogP contribution is 2.18. The fourth-order valence-corrected chi connectivity index (χ4v) is 3.49. The summed E-state index contributed by atoms with van der Waals surface area (Å²) in [5.74, 6) is 0.754. The molecule has 0 fully saturated rings. The van der Waals surface area contributed by atoms with Crippen molar-refractivity contribution < 1.29 is 4.74 Å². The molecule has 30 heavy (non-hydrogen) atoms. The van der Waals surface area contributed by atoms with Gasteiger partial charge >= 0.3 is 0 Å². The maximum atomic E-state index is 13.1. The van der Waals surface area contributed by atoms with E-state index in [1.807, 2.05) is 24.3 Å². The van der Waals surface area contributed by atoms with Crippen molar-refractivity contribution >= 4 is 21.7 Å². The van der Waals surface area contributed by atoms with Gasteiger partial charge in [0.25, 0.3) is 11.1 Å². The first-order valence-electron chi connectivity index (χ1n) is 9.17. The zero-order valence-electron chi connectivity index (χ0n) is 16.0. The third-order valence-electron chi connectivity index (χ3n) is 5.02. The molecule has 9 heteroatoms. The number of hydrogen-bond acceptors (Lipinski definition) is 6. The van der Waals surface area contributed by atoms with E-state index in [-0.39, 0.29) is 11.1 Å². The average molecular weight is 400 g/mol. The van der Waals surface area contributed by atoms with Crippen molar-refractivity contribution in [2.45, 2.75) is 6.54 Å². The van der Waals surface area contributed by atoms with Crippen LogP contribution >= 0.6 is 0 Å². The highest BCUT2D eigenvalue weighted by atomic mass is 16.5. The summed E-state index contributed by atoms with van der Waals surface area (Å²) in [4.78, 5) is 30.5. The zero-order chi connectivity index (χ0) is 20.7. The molecule has 4 aromatic heterocycles. The molecule has 0 bridgehead atoms. The molecule has 0 aliphatic rings. The molecular formula is C21H16N6O3. The van der Waals surface area contributed by atoms with Crippen LogP contribution in [0.5, 0.6) is 5.75 Å². The van der Waals surface area contributed by atoms with Crippen molar-refractivity contribution in [3.05, 3.63) is 93.9 Å². The van der Waals surface area contributed by atoms with E-state index in [1.165, 1.54) is 28.2 Å². The van der Waals surface area contributed by atoms with Crippen molar-refractivity contribution in [1.29, 1.82) is 0 Å². The summed E-state index contributed by atoms with van der Waals surface area (Å²) in [6, 6.07) is 11.0. The number of nitrogens with zero attached hydrogens (tertiary/aromatic N) is 6. The number of pyridine rings is 3. The summed E-state index contributed by atoms with van der Waals surface area (Å²) in [5, 5.41) is 8.79. The molecule has 0 N–H and O–H groups in total. The summed E-state index contributed by atoms with van der Waals surface area (Å²) in [6.45, 7) is 0.399. The maximum Gasteiger partial charge on any atom is 0.279 e. The first kappa shape index (κ1) is 17.8. The highest BCUT2D eigenvalue weighted by Gasteiger charge is 2.13. The Morgan fingerprint density at radius 3 is 2.40 bits per heavy atom. The monoisotopic (exact) mass is 400 g/mol. The van der Waals surface area contributed by atoms with Gasteiger partial charge in [-0.15, -0.1) is 10.2 Å². The van der Waals surface area contributed by atoms with Crippen LogP contribution in [-0.2, 0) is 6.54 Å². The van der Waals surface area contributed by atoms with Crippen LogP contribution in [0.2, 0.25) is 0 Å². The van der Waals surface area contributed by atoms with E-state index in [9.17, 15) is 9.59 Å². The number of methoxy groups -OCH3 is 1. The Balaban J connectivity index is 1.66. The van der Waals surface area contributed by atoms with Crippen LogP contribution in [0.3, 0.4) is 0 Å². The second-order valence-corrected chi connectivity index (χ2v) is 6.75. The number of hydrogen-bond donors (Lipinski definition) is 0. The molecule has 0 spiro atoms. The average Bonchev–Trinajstić information content (AvgIpc) is 3.31. The highest BCUT2D eigenvalue weighted by molar-refractivity contribution is 6.04. The van der Waals surface area contributed by atoms with Gasteiger partial charge in [0.05, 0.1) is 29.9 Å². The van der Waals surface area contributed by atoms with E-state index < -0.39 is 0 Å². The minimum Gasteiger partial charge on any atom is -0.497 e. The Morgan fingerprint density at radius 1 is 0.900 bits per heavy atom. The van der Waals surface area contributed by atoms with Crippen molar-refractivity contribution in [2.24, 2.45) is 0 Å². The quantitative estimate of drug-likeness (QED) is 0.426. The topological polar surface area (TPSA) is 96.8 Å². The molecule has 5 rings (SSSR count). The van der Waals surface area contributed by atoms with Crippen LogP contribution in [0.15, 0.2) is 77.2 Å². The first-order valence-corrected chi connectivity index (χ1v) is 9.17. The summed E-state index contributed by atoms with van der Waals surface area (Å²) in [5.41, 5.74) is 0.958. The van der Waals surface area contributed by atoms with Crippen LogP contribution in [0, 0.1) is 0 Å². The Hall–Kier alpha value is -4.27. The molecule has 0 aliphatic carbocycles. The number of aromatic nitrogens is 6. The minimum atomic E-state index is -0.308. The smallest absolute Gasteiger partial charge is 0.279 e. The Kier molecular flexibility index (Phi) is 4.13. The summed E-state index contributed by atoms with van der Waals surface area (Å²) < 4.78 is 9.60. The third kappa shape index (κ3) is 2.84. The van der Waals surface area contributed by atoms with Crippen LogP contribution in [-0.4, -0.2) is 36.2 Å². The zero-order valence-corrected chi connectivity index (χ0v) is 16.0. The summed E-state index contributed by atoms with van der Waals surface area (Å²) >= 11 is 0. The Morgan fingerprint density at radius 2 is 1.67 bits per heavy atom. The molecule has 1 aromatic carbocycles. The van der Waals surface area contributed by atoms with Crippen LogP contribution in [0.25, 0.3) is 21.7 Å². The second kappa shape index (κ2) is 6.96. The predicted octanol–water partition coefficient (Wildman–Crippen LogP) is 1.67. The van der Waals surface area contributed by atoms with Gasteiger partial charge in [-0.25, -0.2) is 9.35 Å². The second-order valence-electron chi connectivity index (χ2n) is 6.75. The van der Waals surface area contributed by atoms with E-state index in [0.717, 1.165) is 11.3 Å². The SMILES string of the molecule is COc1ccc(Cn2ccc3c(cnc4ccn(-n5cnnc5)c(=O)c43)c2=O)cc1. The van der Waals surface area contributed by atoms with Gasteiger partial charge in [-0.2, -0.15) is 0 Å². The molecule has 5 aromatic rings. The van der Waals surface area contributed by atoms with E-state index in [1.54, 1.807) is 36.2 Å². The molecule has 0 aliphatic heterocycles.